The molecule has 4 nitrogen and oxygen atoms in total. The summed E-state index contributed by atoms with van der Waals surface area (Å²) in [4.78, 5) is 14.1. The smallest absolute Gasteiger partial charge is 0.321 e. The SMILES string of the molecule is CC(C)NCC1CCCN(C(=O)Nc2ccc(F)cc2)C1. The van der Waals surface area contributed by atoms with Crippen LogP contribution < -0.4 is 10.6 Å². The van der Waals surface area contributed by atoms with Crippen molar-refractivity contribution in [2.75, 3.05) is 25.0 Å². The number of hydrogen-bond acceptors (Lipinski definition) is 2. The zero-order chi connectivity index (χ0) is 15.2. The molecule has 0 aliphatic carbocycles. The minimum atomic E-state index is -0.300. The van der Waals surface area contributed by atoms with E-state index in [0.717, 1.165) is 32.5 Å². The first-order valence-electron chi connectivity index (χ1n) is 7.59. The molecule has 2 N–H and O–H groups in total. The Kier molecular flexibility index (Phi) is 5.56. The molecule has 1 aliphatic rings. The lowest BCUT2D eigenvalue weighted by Gasteiger charge is -2.33. The van der Waals surface area contributed by atoms with Crippen LogP contribution in [0, 0.1) is 11.7 Å². The number of amides is 2. The van der Waals surface area contributed by atoms with Gasteiger partial charge in [-0.05, 0) is 49.6 Å². The maximum absolute atomic E-state index is 12.8. The fraction of sp³-hybridized carbons (Fsp3) is 0.562. The molecule has 5 heteroatoms. The number of rotatable bonds is 4. The summed E-state index contributed by atoms with van der Waals surface area (Å²) in [5, 5.41) is 6.25. The van der Waals surface area contributed by atoms with Gasteiger partial charge in [-0.2, -0.15) is 0 Å². The number of halogens is 1. The molecule has 0 saturated carbocycles. The zero-order valence-corrected chi connectivity index (χ0v) is 12.7. The number of nitrogens with zero attached hydrogens (tertiary/aromatic N) is 1. The number of carbonyl (C=O) groups is 1. The highest BCUT2D eigenvalue weighted by Gasteiger charge is 2.23. The quantitative estimate of drug-likeness (QED) is 0.896. The molecule has 1 fully saturated rings. The second-order valence-corrected chi connectivity index (χ2v) is 5.95. The van der Waals surface area contributed by atoms with Crippen LogP contribution in [0.1, 0.15) is 26.7 Å². The Morgan fingerprint density at radius 2 is 2.10 bits per heavy atom. The summed E-state index contributed by atoms with van der Waals surface area (Å²) in [5.74, 6) is 0.200. The van der Waals surface area contributed by atoms with Gasteiger partial charge in [0.15, 0.2) is 0 Å². The maximum Gasteiger partial charge on any atom is 0.321 e. The van der Waals surface area contributed by atoms with Crippen molar-refractivity contribution in [1.82, 2.24) is 10.2 Å². The zero-order valence-electron chi connectivity index (χ0n) is 12.7. The van der Waals surface area contributed by atoms with Crippen LogP contribution in [0.3, 0.4) is 0 Å². The molecule has 1 aromatic carbocycles. The number of likely N-dealkylation sites (tertiary alicyclic amines) is 1. The number of carbonyl (C=O) groups excluding carboxylic acids is 1. The average molecular weight is 293 g/mol. The second-order valence-electron chi connectivity index (χ2n) is 5.95. The van der Waals surface area contributed by atoms with Gasteiger partial charge < -0.3 is 15.5 Å². The van der Waals surface area contributed by atoms with E-state index in [4.69, 9.17) is 0 Å². The number of benzene rings is 1. The van der Waals surface area contributed by atoms with Gasteiger partial charge in [0.2, 0.25) is 0 Å². The highest BCUT2D eigenvalue weighted by atomic mass is 19.1. The predicted molar refractivity (Wildman–Crippen MR) is 82.9 cm³/mol. The highest BCUT2D eigenvalue weighted by molar-refractivity contribution is 5.89. The van der Waals surface area contributed by atoms with Crippen molar-refractivity contribution >= 4 is 11.7 Å². The van der Waals surface area contributed by atoms with Crippen LogP contribution in [0.5, 0.6) is 0 Å². The molecule has 1 aliphatic heterocycles. The highest BCUT2D eigenvalue weighted by Crippen LogP contribution is 2.17. The van der Waals surface area contributed by atoms with Gasteiger partial charge in [-0.1, -0.05) is 13.8 Å². The van der Waals surface area contributed by atoms with E-state index in [0.29, 0.717) is 17.6 Å². The van der Waals surface area contributed by atoms with Crippen molar-refractivity contribution in [2.45, 2.75) is 32.7 Å². The Labute approximate surface area is 125 Å². The van der Waals surface area contributed by atoms with Gasteiger partial charge in [0, 0.05) is 24.8 Å². The summed E-state index contributed by atoms with van der Waals surface area (Å²) in [6.07, 6.45) is 2.18. The van der Waals surface area contributed by atoms with Crippen molar-refractivity contribution in [1.29, 1.82) is 0 Å². The molecular weight excluding hydrogens is 269 g/mol. The van der Waals surface area contributed by atoms with E-state index in [1.807, 2.05) is 4.90 Å². The Hall–Kier alpha value is -1.62. The predicted octanol–water partition coefficient (Wildman–Crippen LogP) is 3.07. The summed E-state index contributed by atoms with van der Waals surface area (Å²) < 4.78 is 12.8. The molecule has 0 spiro atoms. The number of nitrogens with one attached hydrogen (secondary N) is 2. The Morgan fingerprint density at radius 3 is 2.76 bits per heavy atom. The molecular formula is C16H24FN3O. The van der Waals surface area contributed by atoms with Crippen molar-refractivity contribution in [3.8, 4) is 0 Å². The average Bonchev–Trinajstić information content (AvgIpc) is 2.48. The van der Waals surface area contributed by atoms with E-state index in [9.17, 15) is 9.18 Å². The van der Waals surface area contributed by atoms with Crippen molar-refractivity contribution in [3.63, 3.8) is 0 Å². The third kappa shape index (κ3) is 5.01. The van der Waals surface area contributed by atoms with Gasteiger partial charge in [-0.25, -0.2) is 9.18 Å². The van der Waals surface area contributed by atoms with Crippen LogP contribution in [0.4, 0.5) is 14.9 Å². The minimum absolute atomic E-state index is 0.101. The lowest BCUT2D eigenvalue weighted by Crippen LogP contribution is -2.45. The summed E-state index contributed by atoms with van der Waals surface area (Å²) in [5.41, 5.74) is 0.629. The van der Waals surface area contributed by atoms with E-state index >= 15 is 0 Å². The van der Waals surface area contributed by atoms with Crippen LogP contribution in [0.25, 0.3) is 0 Å². The van der Waals surface area contributed by atoms with Crippen LogP contribution in [-0.2, 0) is 0 Å². The van der Waals surface area contributed by atoms with E-state index in [2.05, 4.69) is 24.5 Å². The summed E-state index contributed by atoms with van der Waals surface area (Å²) in [7, 11) is 0. The Bertz CT molecular complexity index is 461. The van der Waals surface area contributed by atoms with Crippen LogP contribution >= 0.6 is 0 Å². The molecule has 116 valence electrons. The maximum atomic E-state index is 12.8. The topological polar surface area (TPSA) is 44.4 Å². The van der Waals surface area contributed by atoms with Gasteiger partial charge in [0.25, 0.3) is 0 Å². The fourth-order valence-electron chi connectivity index (χ4n) is 2.55. The van der Waals surface area contributed by atoms with Gasteiger partial charge in [-0.3, -0.25) is 0 Å². The standard InChI is InChI=1S/C16H24FN3O/c1-12(2)18-10-13-4-3-9-20(11-13)16(21)19-15-7-5-14(17)6-8-15/h5-8,12-13,18H,3-4,9-11H2,1-2H3,(H,19,21). The number of piperidine rings is 1. The van der Waals surface area contributed by atoms with Crippen LogP contribution in [0.15, 0.2) is 24.3 Å². The first-order chi connectivity index (χ1) is 10.0. The molecule has 2 amide bonds. The molecule has 1 heterocycles. The van der Waals surface area contributed by atoms with E-state index in [-0.39, 0.29) is 11.8 Å². The Morgan fingerprint density at radius 1 is 1.38 bits per heavy atom. The van der Waals surface area contributed by atoms with E-state index in [1.54, 1.807) is 12.1 Å². The molecule has 0 bridgehead atoms. The van der Waals surface area contributed by atoms with Gasteiger partial charge in [0.05, 0.1) is 0 Å². The first kappa shape index (κ1) is 15.8. The lowest BCUT2D eigenvalue weighted by molar-refractivity contribution is 0.175. The molecule has 1 saturated heterocycles. The first-order valence-corrected chi connectivity index (χ1v) is 7.59. The third-order valence-electron chi connectivity index (χ3n) is 3.72. The normalized spacial score (nSPS) is 18.9. The second kappa shape index (κ2) is 7.41. The molecule has 2 rings (SSSR count). The minimum Gasteiger partial charge on any atom is -0.324 e. The monoisotopic (exact) mass is 293 g/mol. The summed E-state index contributed by atoms with van der Waals surface area (Å²) in [6, 6.07) is 6.22. The summed E-state index contributed by atoms with van der Waals surface area (Å²) >= 11 is 0. The molecule has 0 aromatic heterocycles. The van der Waals surface area contributed by atoms with E-state index in [1.165, 1.54) is 12.1 Å². The van der Waals surface area contributed by atoms with E-state index < -0.39 is 0 Å². The van der Waals surface area contributed by atoms with Gasteiger partial charge in [-0.15, -0.1) is 0 Å². The molecule has 21 heavy (non-hydrogen) atoms. The number of anilines is 1. The Balaban J connectivity index is 1.85. The van der Waals surface area contributed by atoms with Gasteiger partial charge >= 0.3 is 6.03 Å². The largest absolute Gasteiger partial charge is 0.324 e. The summed E-state index contributed by atoms with van der Waals surface area (Å²) in [6.45, 7) is 6.75. The fourth-order valence-corrected chi connectivity index (χ4v) is 2.55. The third-order valence-corrected chi connectivity index (χ3v) is 3.72. The number of urea groups is 1. The van der Waals surface area contributed by atoms with Crippen molar-refractivity contribution in [3.05, 3.63) is 30.1 Å². The number of hydrogen-bond donors (Lipinski definition) is 2. The van der Waals surface area contributed by atoms with Crippen molar-refractivity contribution in [2.24, 2.45) is 5.92 Å². The molecule has 1 unspecified atom stereocenters. The molecule has 1 aromatic rings. The van der Waals surface area contributed by atoms with Crippen LogP contribution in [-0.4, -0.2) is 36.6 Å². The lowest BCUT2D eigenvalue weighted by atomic mass is 9.98. The van der Waals surface area contributed by atoms with Crippen LogP contribution in [0.2, 0.25) is 0 Å². The molecule has 0 radical (unpaired) electrons. The molecule has 1 atom stereocenters. The van der Waals surface area contributed by atoms with Gasteiger partial charge in [0.1, 0.15) is 5.82 Å². The van der Waals surface area contributed by atoms with Crippen molar-refractivity contribution < 1.29 is 9.18 Å².